The lowest BCUT2D eigenvalue weighted by Crippen LogP contribution is -2.49. The Balaban J connectivity index is 1.80. The minimum absolute atomic E-state index is 0.0340. The first-order chi connectivity index (χ1) is 12.8. The molecule has 0 atom stereocenters. The molecule has 1 saturated heterocycles. The first kappa shape index (κ1) is 19.1. The molecule has 0 spiro atoms. The van der Waals surface area contributed by atoms with Crippen molar-refractivity contribution in [3.05, 3.63) is 53.4 Å². The van der Waals surface area contributed by atoms with Crippen LogP contribution >= 0.6 is 0 Å². The molecule has 2 aromatic rings. The third-order valence-electron chi connectivity index (χ3n) is 4.15. The highest BCUT2D eigenvalue weighted by atomic mass is 32.2. The van der Waals surface area contributed by atoms with Crippen LogP contribution in [0.5, 0.6) is 0 Å². The van der Waals surface area contributed by atoms with Crippen molar-refractivity contribution in [2.75, 3.05) is 31.1 Å². The SMILES string of the molecule is N#Cc1ccc(S(=O)(=O)N2CCN(c3c(F)c(F)nc(F)c3F)CC2)cc1. The number of sulfonamides is 1. The van der Waals surface area contributed by atoms with Gasteiger partial charge in [0.2, 0.25) is 21.7 Å². The molecule has 1 aliphatic heterocycles. The molecule has 11 heteroatoms. The van der Waals surface area contributed by atoms with E-state index in [4.69, 9.17) is 5.26 Å². The molecular weight excluding hydrogens is 388 g/mol. The maximum atomic E-state index is 13.9. The summed E-state index contributed by atoms with van der Waals surface area (Å²) in [6.45, 7) is -0.641. The van der Waals surface area contributed by atoms with E-state index in [0.29, 0.717) is 5.56 Å². The maximum absolute atomic E-state index is 13.9. The van der Waals surface area contributed by atoms with Gasteiger partial charge in [-0.05, 0) is 24.3 Å². The average molecular weight is 400 g/mol. The number of benzene rings is 1. The highest BCUT2D eigenvalue weighted by Crippen LogP contribution is 2.28. The van der Waals surface area contributed by atoms with Crippen LogP contribution in [0.15, 0.2) is 29.2 Å². The number of hydrogen-bond acceptors (Lipinski definition) is 5. The minimum Gasteiger partial charge on any atom is -0.364 e. The first-order valence-corrected chi connectivity index (χ1v) is 9.15. The molecule has 3 rings (SSSR count). The Morgan fingerprint density at radius 3 is 1.93 bits per heavy atom. The van der Waals surface area contributed by atoms with E-state index in [1.165, 1.54) is 24.3 Å². The molecule has 0 saturated carbocycles. The van der Waals surface area contributed by atoms with Gasteiger partial charge in [-0.3, -0.25) is 0 Å². The van der Waals surface area contributed by atoms with E-state index >= 15 is 0 Å². The Morgan fingerprint density at radius 2 is 1.44 bits per heavy atom. The molecule has 0 unspecified atom stereocenters. The van der Waals surface area contributed by atoms with Crippen molar-refractivity contribution >= 4 is 15.7 Å². The number of nitriles is 1. The topological polar surface area (TPSA) is 77.3 Å². The summed E-state index contributed by atoms with van der Waals surface area (Å²) in [5, 5.41) is 8.77. The second-order valence-corrected chi connectivity index (χ2v) is 7.64. The molecule has 1 fully saturated rings. The molecular formula is C16H12F4N4O2S. The van der Waals surface area contributed by atoms with Crippen molar-refractivity contribution in [1.82, 2.24) is 9.29 Å². The van der Waals surface area contributed by atoms with Gasteiger partial charge in [-0.25, -0.2) is 8.42 Å². The second kappa shape index (κ2) is 7.13. The number of nitrogens with zero attached hydrogens (tertiary/aromatic N) is 4. The second-order valence-electron chi connectivity index (χ2n) is 5.70. The molecule has 1 aliphatic rings. The Morgan fingerprint density at radius 1 is 0.926 bits per heavy atom. The number of hydrogen-bond donors (Lipinski definition) is 0. The number of piperazine rings is 1. The summed E-state index contributed by atoms with van der Waals surface area (Å²) in [4.78, 5) is 3.49. The lowest BCUT2D eigenvalue weighted by Gasteiger charge is -2.35. The van der Waals surface area contributed by atoms with Crippen LogP contribution in [0.1, 0.15) is 5.56 Å². The van der Waals surface area contributed by atoms with Gasteiger partial charge in [-0.15, -0.1) is 0 Å². The summed E-state index contributed by atoms with van der Waals surface area (Å²) in [5.74, 6) is -6.79. The van der Waals surface area contributed by atoms with Gasteiger partial charge in [-0.2, -0.15) is 32.1 Å². The van der Waals surface area contributed by atoms with Crippen LogP contribution in [0.4, 0.5) is 23.2 Å². The van der Waals surface area contributed by atoms with Crippen LogP contribution in [0.25, 0.3) is 0 Å². The van der Waals surface area contributed by atoms with E-state index in [1.54, 1.807) is 0 Å². The molecule has 0 N–H and O–H groups in total. The Hall–Kier alpha value is -2.71. The van der Waals surface area contributed by atoms with Crippen molar-refractivity contribution in [2.45, 2.75) is 4.90 Å². The monoisotopic (exact) mass is 400 g/mol. The van der Waals surface area contributed by atoms with Crippen molar-refractivity contribution in [1.29, 1.82) is 5.26 Å². The van der Waals surface area contributed by atoms with Crippen LogP contribution in [0, 0.1) is 34.9 Å². The molecule has 142 valence electrons. The average Bonchev–Trinajstić information content (AvgIpc) is 2.67. The Bertz CT molecular complexity index is 988. The fourth-order valence-electron chi connectivity index (χ4n) is 2.76. The zero-order valence-corrected chi connectivity index (χ0v) is 14.5. The quantitative estimate of drug-likeness (QED) is 0.582. The molecule has 27 heavy (non-hydrogen) atoms. The summed E-state index contributed by atoms with van der Waals surface area (Å²) in [6, 6.07) is 7.16. The normalized spacial score (nSPS) is 15.6. The van der Waals surface area contributed by atoms with E-state index in [9.17, 15) is 26.0 Å². The highest BCUT2D eigenvalue weighted by Gasteiger charge is 2.32. The lowest BCUT2D eigenvalue weighted by atomic mass is 10.2. The minimum atomic E-state index is -3.88. The van der Waals surface area contributed by atoms with Gasteiger partial charge in [0.25, 0.3) is 11.9 Å². The smallest absolute Gasteiger partial charge is 0.253 e. The molecule has 0 radical (unpaired) electrons. The van der Waals surface area contributed by atoms with Crippen LogP contribution in [-0.2, 0) is 10.0 Å². The van der Waals surface area contributed by atoms with Gasteiger partial charge < -0.3 is 4.90 Å². The number of pyridine rings is 1. The molecule has 2 heterocycles. The van der Waals surface area contributed by atoms with Crippen LogP contribution in [-0.4, -0.2) is 43.9 Å². The van der Waals surface area contributed by atoms with E-state index in [-0.39, 0.29) is 31.1 Å². The maximum Gasteiger partial charge on any atom is 0.253 e. The summed E-state index contributed by atoms with van der Waals surface area (Å²) in [5.41, 5.74) is -0.609. The third-order valence-corrected chi connectivity index (χ3v) is 6.06. The Kier molecular flexibility index (Phi) is 5.03. The lowest BCUT2D eigenvalue weighted by molar-refractivity contribution is 0.369. The zero-order valence-electron chi connectivity index (χ0n) is 13.7. The molecule has 0 amide bonds. The number of anilines is 1. The fraction of sp³-hybridized carbons (Fsp3) is 0.250. The van der Waals surface area contributed by atoms with Crippen LogP contribution < -0.4 is 4.90 Å². The van der Waals surface area contributed by atoms with Gasteiger partial charge in [0.05, 0.1) is 16.5 Å². The van der Waals surface area contributed by atoms with Gasteiger partial charge in [0.15, 0.2) is 0 Å². The number of aromatic nitrogens is 1. The number of halogens is 4. The molecule has 0 bridgehead atoms. The highest BCUT2D eigenvalue weighted by molar-refractivity contribution is 7.89. The van der Waals surface area contributed by atoms with Crippen molar-refractivity contribution in [3.8, 4) is 6.07 Å². The standard InChI is InChI=1S/C16H12F4N4O2S/c17-12-14(13(18)16(20)22-15(12)19)23-5-7-24(8-6-23)27(25,26)11-3-1-10(9-21)2-4-11/h1-4H,5-8H2. The first-order valence-electron chi connectivity index (χ1n) is 7.71. The molecule has 1 aromatic carbocycles. The molecule has 1 aromatic heterocycles. The fourth-order valence-corrected chi connectivity index (χ4v) is 4.18. The molecule has 0 aliphatic carbocycles. The van der Waals surface area contributed by atoms with Gasteiger partial charge >= 0.3 is 0 Å². The van der Waals surface area contributed by atoms with Crippen LogP contribution in [0.2, 0.25) is 0 Å². The largest absolute Gasteiger partial charge is 0.364 e. The van der Waals surface area contributed by atoms with Crippen LogP contribution in [0.3, 0.4) is 0 Å². The van der Waals surface area contributed by atoms with Gasteiger partial charge in [-0.1, -0.05) is 0 Å². The summed E-state index contributed by atoms with van der Waals surface area (Å²) >= 11 is 0. The van der Waals surface area contributed by atoms with Gasteiger partial charge in [0.1, 0.15) is 5.69 Å². The van der Waals surface area contributed by atoms with Crippen molar-refractivity contribution in [2.24, 2.45) is 0 Å². The zero-order chi connectivity index (χ0) is 19.8. The predicted molar refractivity (Wildman–Crippen MR) is 86.2 cm³/mol. The van der Waals surface area contributed by atoms with E-state index in [0.717, 1.165) is 9.21 Å². The van der Waals surface area contributed by atoms with Gasteiger partial charge in [0, 0.05) is 26.2 Å². The van der Waals surface area contributed by atoms with E-state index in [1.807, 2.05) is 6.07 Å². The predicted octanol–water partition coefficient (Wildman–Crippen LogP) is 2.02. The van der Waals surface area contributed by atoms with E-state index in [2.05, 4.69) is 4.98 Å². The summed E-state index contributed by atoms with van der Waals surface area (Å²) < 4.78 is 80.6. The summed E-state index contributed by atoms with van der Waals surface area (Å²) in [6.07, 6.45) is 0. The molecule has 6 nitrogen and oxygen atoms in total. The van der Waals surface area contributed by atoms with E-state index < -0.39 is 39.2 Å². The Labute approximate surface area is 152 Å². The summed E-state index contributed by atoms with van der Waals surface area (Å²) in [7, 11) is -3.88. The van der Waals surface area contributed by atoms with Crippen molar-refractivity contribution < 1.29 is 26.0 Å². The third kappa shape index (κ3) is 3.45. The number of rotatable bonds is 3. The van der Waals surface area contributed by atoms with Crippen molar-refractivity contribution in [3.63, 3.8) is 0 Å².